The van der Waals surface area contributed by atoms with Crippen molar-refractivity contribution in [3.8, 4) is 0 Å². The minimum absolute atomic E-state index is 0.158. The van der Waals surface area contributed by atoms with E-state index in [0.29, 0.717) is 25.3 Å². The molecule has 0 radical (unpaired) electrons. The molecule has 5 nitrogen and oxygen atoms in total. The van der Waals surface area contributed by atoms with Crippen molar-refractivity contribution in [2.75, 3.05) is 6.54 Å². The summed E-state index contributed by atoms with van der Waals surface area (Å²) in [6, 6.07) is 3.94. The molecule has 3 N–H and O–H groups in total. The number of rotatable bonds is 5. The van der Waals surface area contributed by atoms with Gasteiger partial charge < -0.3 is 15.6 Å². The van der Waals surface area contributed by atoms with Crippen molar-refractivity contribution in [1.82, 2.24) is 14.9 Å². The maximum Gasteiger partial charge on any atom is 0.271 e. The first kappa shape index (κ1) is 11.8. The summed E-state index contributed by atoms with van der Waals surface area (Å²) in [6.07, 6.45) is 3.32. The molecule has 0 unspecified atom stereocenters. The first-order valence-electron chi connectivity index (χ1n) is 5.32. The monoisotopic (exact) mass is 250 g/mol. The number of amides is 1. The van der Waals surface area contributed by atoms with Gasteiger partial charge in [0.25, 0.3) is 5.91 Å². The lowest BCUT2D eigenvalue weighted by Gasteiger charge is -2.00. The standard InChI is InChI=1S/C11H14N4OS/c12-3-4-15-7-10(14-8-15)11(16)13-6-9-2-1-5-17-9/h1-2,5,7-8H,3-4,6,12H2,(H,13,16). The van der Waals surface area contributed by atoms with Crippen LogP contribution < -0.4 is 11.1 Å². The van der Waals surface area contributed by atoms with E-state index in [-0.39, 0.29) is 5.91 Å². The average Bonchev–Trinajstić information content (AvgIpc) is 2.97. The molecule has 1 amide bonds. The van der Waals surface area contributed by atoms with Crippen molar-refractivity contribution in [1.29, 1.82) is 0 Å². The molecule has 0 saturated carbocycles. The van der Waals surface area contributed by atoms with Crippen LogP contribution in [0.2, 0.25) is 0 Å². The predicted molar refractivity (Wildman–Crippen MR) is 66.8 cm³/mol. The van der Waals surface area contributed by atoms with Crippen molar-refractivity contribution in [3.05, 3.63) is 40.6 Å². The number of hydrogen-bond donors (Lipinski definition) is 2. The van der Waals surface area contributed by atoms with E-state index in [1.807, 2.05) is 17.5 Å². The molecule has 0 saturated heterocycles. The van der Waals surface area contributed by atoms with Crippen LogP contribution in [0, 0.1) is 0 Å². The van der Waals surface area contributed by atoms with Gasteiger partial charge >= 0.3 is 0 Å². The predicted octanol–water partition coefficient (Wildman–Crippen LogP) is 0.833. The third kappa shape index (κ3) is 3.15. The molecule has 0 aliphatic rings. The van der Waals surface area contributed by atoms with Crippen LogP contribution in [0.4, 0.5) is 0 Å². The number of nitrogens with zero attached hydrogens (tertiary/aromatic N) is 2. The Morgan fingerprint density at radius 1 is 1.59 bits per heavy atom. The third-order valence-electron chi connectivity index (χ3n) is 2.26. The van der Waals surface area contributed by atoms with Crippen molar-refractivity contribution >= 4 is 17.2 Å². The van der Waals surface area contributed by atoms with E-state index in [2.05, 4.69) is 10.3 Å². The molecule has 0 aromatic carbocycles. The first-order valence-corrected chi connectivity index (χ1v) is 6.20. The number of hydrogen-bond acceptors (Lipinski definition) is 4. The van der Waals surface area contributed by atoms with Crippen molar-refractivity contribution in [2.45, 2.75) is 13.1 Å². The number of carbonyl (C=O) groups excluding carboxylic acids is 1. The molecule has 0 fully saturated rings. The van der Waals surface area contributed by atoms with Crippen molar-refractivity contribution in [3.63, 3.8) is 0 Å². The van der Waals surface area contributed by atoms with Gasteiger partial charge in [0.2, 0.25) is 0 Å². The molecule has 0 aliphatic heterocycles. The van der Waals surface area contributed by atoms with E-state index < -0.39 is 0 Å². The summed E-state index contributed by atoms with van der Waals surface area (Å²) in [5, 5.41) is 4.80. The van der Waals surface area contributed by atoms with Gasteiger partial charge in [-0.1, -0.05) is 6.07 Å². The lowest BCUT2D eigenvalue weighted by molar-refractivity contribution is 0.0946. The average molecular weight is 250 g/mol. The molecule has 0 atom stereocenters. The number of imidazole rings is 1. The van der Waals surface area contributed by atoms with E-state index >= 15 is 0 Å². The maximum absolute atomic E-state index is 11.7. The summed E-state index contributed by atoms with van der Waals surface area (Å²) in [7, 11) is 0. The van der Waals surface area contributed by atoms with E-state index in [1.54, 1.807) is 28.4 Å². The largest absolute Gasteiger partial charge is 0.346 e. The van der Waals surface area contributed by atoms with Crippen LogP contribution in [0.5, 0.6) is 0 Å². The number of thiophene rings is 1. The number of aromatic nitrogens is 2. The van der Waals surface area contributed by atoms with Crippen molar-refractivity contribution < 1.29 is 4.79 Å². The quantitative estimate of drug-likeness (QED) is 0.825. The highest BCUT2D eigenvalue weighted by Crippen LogP contribution is 2.07. The summed E-state index contributed by atoms with van der Waals surface area (Å²) in [5.74, 6) is -0.158. The highest BCUT2D eigenvalue weighted by atomic mass is 32.1. The van der Waals surface area contributed by atoms with Crippen LogP contribution in [0.1, 0.15) is 15.4 Å². The van der Waals surface area contributed by atoms with Gasteiger partial charge in [0.15, 0.2) is 0 Å². The summed E-state index contributed by atoms with van der Waals surface area (Å²) < 4.78 is 1.81. The zero-order valence-electron chi connectivity index (χ0n) is 9.30. The Hall–Kier alpha value is -1.66. The number of carbonyl (C=O) groups is 1. The molecular weight excluding hydrogens is 236 g/mol. The second-order valence-corrected chi connectivity index (χ2v) is 4.58. The van der Waals surface area contributed by atoms with Crippen LogP contribution >= 0.6 is 11.3 Å². The molecule has 2 heterocycles. The van der Waals surface area contributed by atoms with Gasteiger partial charge in [-0.25, -0.2) is 4.98 Å². The second kappa shape index (κ2) is 5.60. The van der Waals surface area contributed by atoms with Gasteiger partial charge in [-0.15, -0.1) is 11.3 Å². The summed E-state index contributed by atoms with van der Waals surface area (Å²) in [5.41, 5.74) is 5.85. The zero-order chi connectivity index (χ0) is 12.1. The Bertz CT molecular complexity index is 477. The zero-order valence-corrected chi connectivity index (χ0v) is 10.1. The molecule has 2 rings (SSSR count). The second-order valence-electron chi connectivity index (χ2n) is 3.55. The SMILES string of the molecule is NCCn1cnc(C(=O)NCc2cccs2)c1. The Morgan fingerprint density at radius 3 is 3.18 bits per heavy atom. The van der Waals surface area contributed by atoms with E-state index in [9.17, 15) is 4.79 Å². The van der Waals surface area contributed by atoms with Crippen LogP contribution in [0.3, 0.4) is 0 Å². The fourth-order valence-electron chi connectivity index (χ4n) is 1.42. The molecule has 2 aromatic rings. The van der Waals surface area contributed by atoms with Crippen molar-refractivity contribution in [2.24, 2.45) is 5.73 Å². The Labute approximate surface area is 103 Å². The third-order valence-corrected chi connectivity index (χ3v) is 3.13. The van der Waals surface area contributed by atoms with Crippen LogP contribution in [-0.4, -0.2) is 22.0 Å². The molecule has 0 bridgehead atoms. The Kier molecular flexibility index (Phi) is 3.89. The highest BCUT2D eigenvalue weighted by Gasteiger charge is 2.08. The molecule has 2 aromatic heterocycles. The van der Waals surface area contributed by atoms with Gasteiger partial charge in [0, 0.05) is 24.2 Å². The minimum Gasteiger partial charge on any atom is -0.346 e. The topological polar surface area (TPSA) is 72.9 Å². The minimum atomic E-state index is -0.158. The first-order chi connectivity index (χ1) is 8.29. The summed E-state index contributed by atoms with van der Waals surface area (Å²) >= 11 is 1.62. The molecule has 0 spiro atoms. The van der Waals surface area contributed by atoms with Gasteiger partial charge in [-0.2, -0.15) is 0 Å². The smallest absolute Gasteiger partial charge is 0.271 e. The molecule has 90 valence electrons. The molecule has 6 heteroatoms. The van der Waals surface area contributed by atoms with Gasteiger partial charge in [-0.3, -0.25) is 4.79 Å². The highest BCUT2D eigenvalue weighted by molar-refractivity contribution is 7.09. The Morgan fingerprint density at radius 2 is 2.47 bits per heavy atom. The molecule has 17 heavy (non-hydrogen) atoms. The maximum atomic E-state index is 11.7. The van der Waals surface area contributed by atoms with Gasteiger partial charge in [0.1, 0.15) is 5.69 Å². The fraction of sp³-hybridized carbons (Fsp3) is 0.273. The molecule has 0 aliphatic carbocycles. The van der Waals surface area contributed by atoms with Crippen LogP contribution in [-0.2, 0) is 13.1 Å². The van der Waals surface area contributed by atoms with Crippen LogP contribution in [0.15, 0.2) is 30.0 Å². The Balaban J connectivity index is 1.90. The molecular formula is C11H14N4OS. The lowest BCUT2D eigenvalue weighted by atomic mass is 10.4. The lowest BCUT2D eigenvalue weighted by Crippen LogP contribution is -2.22. The van der Waals surface area contributed by atoms with E-state index in [1.165, 1.54) is 0 Å². The number of nitrogens with two attached hydrogens (primary N) is 1. The number of nitrogens with one attached hydrogen (secondary N) is 1. The van der Waals surface area contributed by atoms with E-state index in [0.717, 1.165) is 4.88 Å². The van der Waals surface area contributed by atoms with Gasteiger partial charge in [0.05, 0.1) is 12.9 Å². The van der Waals surface area contributed by atoms with Crippen LogP contribution in [0.25, 0.3) is 0 Å². The summed E-state index contributed by atoms with van der Waals surface area (Å²) in [6.45, 7) is 1.75. The van der Waals surface area contributed by atoms with Gasteiger partial charge in [-0.05, 0) is 11.4 Å². The summed E-state index contributed by atoms with van der Waals surface area (Å²) in [4.78, 5) is 16.9. The normalized spacial score (nSPS) is 10.4. The fourth-order valence-corrected chi connectivity index (χ4v) is 2.06. The van der Waals surface area contributed by atoms with E-state index in [4.69, 9.17) is 5.73 Å².